The molecule has 24 heavy (non-hydrogen) atoms. The Balaban J connectivity index is 2.03. The number of benzene rings is 1. The monoisotopic (exact) mass is 355 g/mol. The molecule has 1 aromatic rings. The number of carbonyl (C=O) groups is 1. The molecule has 1 aromatic carbocycles. The first-order valence-corrected chi connectivity index (χ1v) is 8.93. The highest BCUT2D eigenvalue weighted by atomic mass is 32.2. The summed E-state index contributed by atoms with van der Waals surface area (Å²) in [5, 5.41) is 9.96. The molecule has 1 fully saturated rings. The van der Waals surface area contributed by atoms with Crippen LogP contribution >= 0.6 is 0 Å². The van der Waals surface area contributed by atoms with Gasteiger partial charge in [0.05, 0.1) is 29.4 Å². The van der Waals surface area contributed by atoms with Gasteiger partial charge in [-0.2, -0.15) is 0 Å². The lowest BCUT2D eigenvalue weighted by Gasteiger charge is -2.32. The number of hydrogen-bond donors (Lipinski definition) is 2. The fraction of sp³-hybridized carbons (Fsp3) is 0.562. The number of aliphatic hydroxyl groups is 1. The number of rotatable bonds is 4. The standard InChI is InChI=1S/C16H21NO6S/c1-15(2,19)6-7-17-13-5-4-11(24(20)21)10-12(13)16(14(17)18)22-8-3-9-23-16/h4-5,10,19H,3,6-9H2,1-2H3,(H,20,21). The van der Waals surface area contributed by atoms with Crippen LogP contribution in [-0.4, -0.2) is 45.1 Å². The second kappa shape index (κ2) is 6.20. The van der Waals surface area contributed by atoms with E-state index >= 15 is 0 Å². The van der Waals surface area contributed by atoms with Crippen LogP contribution in [0.1, 0.15) is 32.3 Å². The fourth-order valence-corrected chi connectivity index (χ4v) is 3.35. The molecule has 3 rings (SSSR count). The van der Waals surface area contributed by atoms with Crippen molar-refractivity contribution in [3.8, 4) is 0 Å². The lowest BCUT2D eigenvalue weighted by molar-refractivity contribution is -0.256. The van der Waals surface area contributed by atoms with Crippen LogP contribution in [0.2, 0.25) is 0 Å². The van der Waals surface area contributed by atoms with Crippen molar-refractivity contribution in [1.29, 1.82) is 0 Å². The minimum absolute atomic E-state index is 0.183. The molecule has 2 N–H and O–H groups in total. The van der Waals surface area contributed by atoms with E-state index in [-0.39, 0.29) is 10.8 Å². The van der Waals surface area contributed by atoms with E-state index in [0.717, 1.165) is 0 Å². The number of anilines is 1. The summed E-state index contributed by atoms with van der Waals surface area (Å²) in [5.41, 5.74) is 0.111. The molecular formula is C16H21NO6S. The van der Waals surface area contributed by atoms with Crippen LogP contribution in [0, 0.1) is 0 Å². The van der Waals surface area contributed by atoms with Crippen LogP contribution in [0.3, 0.4) is 0 Å². The van der Waals surface area contributed by atoms with Crippen LogP contribution in [0.4, 0.5) is 5.69 Å². The van der Waals surface area contributed by atoms with E-state index in [9.17, 15) is 18.7 Å². The van der Waals surface area contributed by atoms with Crippen molar-refractivity contribution in [3.05, 3.63) is 23.8 Å². The third kappa shape index (κ3) is 3.00. The number of nitrogens with zero attached hydrogens (tertiary/aromatic N) is 1. The second-order valence-corrected chi connectivity index (χ2v) is 7.58. The Labute approximate surface area is 142 Å². The largest absolute Gasteiger partial charge is 0.390 e. The average Bonchev–Trinajstić information content (AvgIpc) is 2.74. The molecule has 1 spiro atoms. The summed E-state index contributed by atoms with van der Waals surface area (Å²) < 4.78 is 32.1. The van der Waals surface area contributed by atoms with Crippen molar-refractivity contribution < 1.29 is 28.1 Å². The molecule has 1 unspecified atom stereocenters. The zero-order chi connectivity index (χ0) is 17.5. The minimum atomic E-state index is -2.16. The predicted octanol–water partition coefficient (Wildman–Crippen LogP) is 1.36. The number of amides is 1. The Morgan fingerprint density at radius 2 is 2.00 bits per heavy atom. The molecule has 8 heteroatoms. The Morgan fingerprint density at radius 3 is 2.58 bits per heavy atom. The molecular weight excluding hydrogens is 334 g/mol. The molecule has 0 radical (unpaired) electrons. The molecule has 1 amide bonds. The van der Waals surface area contributed by atoms with Gasteiger partial charge in [-0.1, -0.05) is 0 Å². The summed E-state index contributed by atoms with van der Waals surface area (Å²) in [6.07, 6.45) is 1.06. The molecule has 0 aliphatic carbocycles. The van der Waals surface area contributed by atoms with E-state index in [2.05, 4.69) is 0 Å². The highest BCUT2D eigenvalue weighted by Gasteiger charge is 2.55. The van der Waals surface area contributed by atoms with Crippen molar-refractivity contribution in [2.75, 3.05) is 24.7 Å². The van der Waals surface area contributed by atoms with Crippen molar-refractivity contribution in [2.45, 2.75) is 43.0 Å². The van der Waals surface area contributed by atoms with Gasteiger partial charge in [-0.15, -0.1) is 0 Å². The molecule has 2 aliphatic heterocycles. The lowest BCUT2D eigenvalue weighted by atomic mass is 10.1. The first-order valence-electron chi connectivity index (χ1n) is 7.82. The highest BCUT2D eigenvalue weighted by Crippen LogP contribution is 2.46. The fourth-order valence-electron chi connectivity index (χ4n) is 2.94. The van der Waals surface area contributed by atoms with Gasteiger partial charge in [0.25, 0.3) is 11.7 Å². The van der Waals surface area contributed by atoms with E-state index in [4.69, 9.17) is 9.47 Å². The molecule has 1 saturated heterocycles. The zero-order valence-corrected chi connectivity index (χ0v) is 14.5. The Bertz CT molecular complexity index is 678. The minimum Gasteiger partial charge on any atom is -0.390 e. The van der Waals surface area contributed by atoms with Crippen molar-refractivity contribution in [3.63, 3.8) is 0 Å². The van der Waals surface area contributed by atoms with Gasteiger partial charge in [0.2, 0.25) is 0 Å². The van der Waals surface area contributed by atoms with E-state index in [1.165, 1.54) is 17.0 Å². The highest BCUT2D eigenvalue weighted by molar-refractivity contribution is 7.79. The molecule has 0 saturated carbocycles. The van der Waals surface area contributed by atoms with Crippen LogP contribution in [0.5, 0.6) is 0 Å². The second-order valence-electron chi connectivity index (χ2n) is 6.61. The number of hydrogen-bond acceptors (Lipinski definition) is 5. The summed E-state index contributed by atoms with van der Waals surface area (Å²) >= 11 is -2.16. The first-order chi connectivity index (χ1) is 11.2. The van der Waals surface area contributed by atoms with Gasteiger partial charge in [-0.25, -0.2) is 4.21 Å². The Morgan fingerprint density at radius 1 is 1.33 bits per heavy atom. The maximum Gasteiger partial charge on any atom is 0.292 e. The predicted molar refractivity (Wildman–Crippen MR) is 86.9 cm³/mol. The van der Waals surface area contributed by atoms with Gasteiger partial charge in [0.15, 0.2) is 11.1 Å². The molecule has 0 aromatic heterocycles. The van der Waals surface area contributed by atoms with Crippen LogP contribution in [-0.2, 0) is 31.1 Å². The first kappa shape index (κ1) is 17.5. The van der Waals surface area contributed by atoms with Crippen molar-refractivity contribution >= 4 is 22.7 Å². The van der Waals surface area contributed by atoms with Crippen molar-refractivity contribution in [2.24, 2.45) is 0 Å². The van der Waals surface area contributed by atoms with Gasteiger partial charge in [-0.05, 0) is 44.9 Å². The third-order valence-electron chi connectivity index (χ3n) is 4.19. The Hall–Kier alpha value is -1.32. The summed E-state index contributed by atoms with van der Waals surface area (Å²) in [6.45, 7) is 4.39. The van der Waals surface area contributed by atoms with E-state index in [1.807, 2.05) is 0 Å². The van der Waals surface area contributed by atoms with Gasteiger partial charge in [-0.3, -0.25) is 4.79 Å². The smallest absolute Gasteiger partial charge is 0.292 e. The van der Waals surface area contributed by atoms with Crippen LogP contribution in [0.15, 0.2) is 23.1 Å². The van der Waals surface area contributed by atoms with E-state index in [0.29, 0.717) is 43.9 Å². The molecule has 2 heterocycles. The van der Waals surface area contributed by atoms with E-state index in [1.54, 1.807) is 19.9 Å². The molecule has 0 bridgehead atoms. The van der Waals surface area contributed by atoms with Gasteiger partial charge >= 0.3 is 0 Å². The van der Waals surface area contributed by atoms with E-state index < -0.39 is 22.5 Å². The normalized spacial score (nSPS) is 21.2. The van der Waals surface area contributed by atoms with Crippen LogP contribution in [0.25, 0.3) is 0 Å². The van der Waals surface area contributed by atoms with Gasteiger partial charge in [0, 0.05) is 12.1 Å². The van der Waals surface area contributed by atoms with Crippen molar-refractivity contribution in [1.82, 2.24) is 0 Å². The van der Waals surface area contributed by atoms with Gasteiger partial charge in [0.1, 0.15) is 0 Å². The van der Waals surface area contributed by atoms with Crippen LogP contribution < -0.4 is 4.90 Å². The number of fused-ring (bicyclic) bond motifs is 2. The molecule has 132 valence electrons. The zero-order valence-electron chi connectivity index (χ0n) is 13.7. The SMILES string of the molecule is CC(C)(O)CCN1C(=O)C2(OCCCO2)c2cc(S(=O)O)ccc21. The van der Waals surface area contributed by atoms with Gasteiger partial charge < -0.3 is 24.0 Å². The third-order valence-corrected chi connectivity index (χ3v) is 4.85. The lowest BCUT2D eigenvalue weighted by Crippen LogP contribution is -2.48. The average molecular weight is 355 g/mol. The number of carbonyl (C=O) groups excluding carboxylic acids is 1. The summed E-state index contributed by atoms with van der Waals surface area (Å²) in [5.74, 6) is -1.91. The topological polar surface area (TPSA) is 96.3 Å². The quantitative estimate of drug-likeness (QED) is 0.792. The summed E-state index contributed by atoms with van der Waals surface area (Å²) in [4.78, 5) is 14.7. The molecule has 2 aliphatic rings. The maximum absolute atomic E-state index is 13.0. The Kier molecular flexibility index (Phi) is 4.52. The maximum atomic E-state index is 13.0. The molecule has 7 nitrogen and oxygen atoms in total. The summed E-state index contributed by atoms with van der Waals surface area (Å²) in [6, 6.07) is 4.61. The summed E-state index contributed by atoms with van der Waals surface area (Å²) in [7, 11) is 0. The molecule has 1 atom stereocenters. The number of ether oxygens (including phenoxy) is 2.